The highest BCUT2D eigenvalue weighted by Gasteiger charge is 2.23. The Morgan fingerprint density at radius 3 is 2.29 bits per heavy atom. The van der Waals surface area contributed by atoms with E-state index in [2.05, 4.69) is 19.2 Å². The first-order valence-corrected chi connectivity index (χ1v) is 12.2. The van der Waals surface area contributed by atoms with Crippen molar-refractivity contribution in [2.24, 2.45) is 0 Å². The van der Waals surface area contributed by atoms with Crippen molar-refractivity contribution in [3.8, 4) is 16.8 Å². The molecule has 0 fully saturated rings. The molecule has 180 valence electrons. The summed E-state index contributed by atoms with van der Waals surface area (Å²) in [6.07, 6.45) is 4.11. The van der Waals surface area contributed by atoms with Gasteiger partial charge in [0.25, 0.3) is 0 Å². The first kappa shape index (κ1) is 25.2. The van der Waals surface area contributed by atoms with Gasteiger partial charge >= 0.3 is 0 Å². The van der Waals surface area contributed by atoms with Crippen molar-refractivity contribution in [1.29, 1.82) is 0 Å². The molecule has 0 bridgehead atoms. The van der Waals surface area contributed by atoms with Crippen LogP contribution in [0.4, 0.5) is 5.82 Å². The number of nitrogens with one attached hydrogen (secondary N) is 1. The lowest BCUT2D eigenvalue weighted by Crippen LogP contribution is -2.38. The van der Waals surface area contributed by atoms with E-state index in [-0.39, 0.29) is 18.4 Å². The average molecular weight is 461 g/mol. The maximum atomic E-state index is 13.3. The van der Waals surface area contributed by atoms with E-state index in [1.165, 1.54) is 0 Å². The summed E-state index contributed by atoms with van der Waals surface area (Å²) in [5, 5.41) is 7.91. The molecule has 1 aromatic heterocycles. The van der Waals surface area contributed by atoms with Gasteiger partial charge in [0.15, 0.2) is 0 Å². The summed E-state index contributed by atoms with van der Waals surface area (Å²) in [6, 6.07) is 17.9. The number of aryl methyl sites for hydroxylation is 2. The number of hydrogen-bond acceptors (Lipinski definition) is 3. The lowest BCUT2D eigenvalue weighted by molar-refractivity contribution is -0.134. The molecule has 2 aromatic carbocycles. The van der Waals surface area contributed by atoms with E-state index in [1.807, 2.05) is 68.4 Å². The van der Waals surface area contributed by atoms with Gasteiger partial charge in [0.1, 0.15) is 5.82 Å². The number of amides is 2. The predicted octanol–water partition coefficient (Wildman–Crippen LogP) is 5.91. The van der Waals surface area contributed by atoms with Crippen LogP contribution in [0.25, 0.3) is 16.8 Å². The first-order chi connectivity index (χ1) is 16.5. The smallest absolute Gasteiger partial charge is 0.245 e. The number of unbranched alkanes of at least 4 members (excludes halogenated alkanes) is 2. The molecule has 0 saturated heterocycles. The molecule has 0 aliphatic rings. The second-order valence-corrected chi connectivity index (χ2v) is 8.69. The summed E-state index contributed by atoms with van der Waals surface area (Å²) in [4.78, 5) is 27.7. The zero-order valence-corrected chi connectivity index (χ0v) is 20.8. The van der Waals surface area contributed by atoms with Gasteiger partial charge < -0.3 is 10.2 Å². The van der Waals surface area contributed by atoms with Crippen molar-refractivity contribution >= 4 is 17.6 Å². The van der Waals surface area contributed by atoms with Gasteiger partial charge in [0, 0.05) is 18.5 Å². The van der Waals surface area contributed by atoms with Crippen LogP contribution >= 0.6 is 0 Å². The predicted molar refractivity (Wildman–Crippen MR) is 138 cm³/mol. The van der Waals surface area contributed by atoms with Crippen molar-refractivity contribution in [3.05, 3.63) is 65.9 Å². The van der Waals surface area contributed by atoms with E-state index in [0.29, 0.717) is 18.8 Å². The molecular formula is C28H36N4O2. The van der Waals surface area contributed by atoms with E-state index >= 15 is 0 Å². The number of rotatable bonds is 11. The van der Waals surface area contributed by atoms with Crippen LogP contribution in [0.3, 0.4) is 0 Å². The second-order valence-electron chi connectivity index (χ2n) is 8.69. The van der Waals surface area contributed by atoms with Crippen molar-refractivity contribution in [1.82, 2.24) is 14.7 Å². The number of para-hydroxylation sites is 1. The standard InChI is InChI=1S/C28H36N4O2/c1-5-7-18-26(34)31(19-8-6-2)20-25(33)29-28-27(23-15-10-9-11-16-23)22(4)30-32(28)24-17-13-12-14-21(24)3/h9-17H,5-8,18-20H2,1-4H3,(H,29,33). The average Bonchev–Trinajstić information content (AvgIpc) is 3.16. The first-order valence-electron chi connectivity index (χ1n) is 12.2. The number of benzene rings is 2. The molecule has 6 nitrogen and oxygen atoms in total. The highest BCUT2D eigenvalue weighted by Crippen LogP contribution is 2.34. The minimum absolute atomic E-state index is 0.0365. The molecule has 0 aliphatic carbocycles. The zero-order valence-electron chi connectivity index (χ0n) is 20.8. The van der Waals surface area contributed by atoms with Crippen LogP contribution in [0.1, 0.15) is 57.2 Å². The molecule has 2 amide bonds. The molecule has 0 radical (unpaired) electrons. The van der Waals surface area contributed by atoms with Crippen molar-refractivity contribution in [2.45, 2.75) is 59.8 Å². The maximum Gasteiger partial charge on any atom is 0.245 e. The molecular weight excluding hydrogens is 424 g/mol. The van der Waals surface area contributed by atoms with Gasteiger partial charge in [-0.1, -0.05) is 75.2 Å². The summed E-state index contributed by atoms with van der Waals surface area (Å²) >= 11 is 0. The third-order valence-electron chi connectivity index (χ3n) is 5.94. The minimum atomic E-state index is -0.215. The highest BCUT2D eigenvalue weighted by molar-refractivity contribution is 5.98. The summed E-state index contributed by atoms with van der Waals surface area (Å²) in [6.45, 7) is 8.76. The minimum Gasteiger partial charge on any atom is -0.333 e. The monoisotopic (exact) mass is 460 g/mol. The van der Waals surface area contributed by atoms with Crippen molar-refractivity contribution < 1.29 is 9.59 Å². The number of carbonyl (C=O) groups is 2. The maximum absolute atomic E-state index is 13.3. The number of nitrogens with zero attached hydrogens (tertiary/aromatic N) is 3. The molecule has 6 heteroatoms. The van der Waals surface area contributed by atoms with E-state index < -0.39 is 0 Å². The Morgan fingerprint density at radius 1 is 0.941 bits per heavy atom. The van der Waals surface area contributed by atoms with Crippen LogP contribution < -0.4 is 5.32 Å². The molecule has 0 atom stereocenters. The number of aromatic nitrogens is 2. The van der Waals surface area contributed by atoms with Crippen LogP contribution in [0.5, 0.6) is 0 Å². The number of carbonyl (C=O) groups excluding carboxylic acids is 2. The normalized spacial score (nSPS) is 10.8. The Balaban J connectivity index is 1.96. The van der Waals surface area contributed by atoms with Crippen LogP contribution in [0, 0.1) is 13.8 Å². The summed E-state index contributed by atoms with van der Waals surface area (Å²) < 4.78 is 1.81. The van der Waals surface area contributed by atoms with Crippen molar-refractivity contribution in [2.75, 3.05) is 18.4 Å². The van der Waals surface area contributed by atoms with Crippen LogP contribution in [-0.4, -0.2) is 39.6 Å². The lowest BCUT2D eigenvalue weighted by Gasteiger charge is -2.22. The lowest BCUT2D eigenvalue weighted by atomic mass is 10.1. The Hall–Kier alpha value is -3.41. The highest BCUT2D eigenvalue weighted by atomic mass is 16.2. The fraction of sp³-hybridized carbons (Fsp3) is 0.393. The molecule has 3 aromatic rings. The van der Waals surface area contributed by atoms with E-state index in [0.717, 1.165) is 53.8 Å². The quantitative estimate of drug-likeness (QED) is 0.387. The Labute approximate surface area is 203 Å². The van der Waals surface area contributed by atoms with E-state index in [9.17, 15) is 9.59 Å². The van der Waals surface area contributed by atoms with Gasteiger partial charge in [-0.3, -0.25) is 9.59 Å². The van der Waals surface area contributed by atoms with Crippen LogP contribution in [-0.2, 0) is 9.59 Å². The van der Waals surface area contributed by atoms with E-state index in [1.54, 1.807) is 9.58 Å². The van der Waals surface area contributed by atoms with Crippen LogP contribution in [0.15, 0.2) is 54.6 Å². The molecule has 1 N–H and O–H groups in total. The largest absolute Gasteiger partial charge is 0.333 e. The fourth-order valence-corrected chi connectivity index (χ4v) is 4.04. The Morgan fingerprint density at radius 2 is 1.62 bits per heavy atom. The molecule has 0 spiro atoms. The molecule has 0 aliphatic heterocycles. The summed E-state index contributed by atoms with van der Waals surface area (Å²) in [5.74, 6) is 0.449. The Kier molecular flexibility index (Phi) is 9.02. The molecule has 1 heterocycles. The SMILES string of the molecule is CCCCC(=O)N(CCCC)CC(=O)Nc1c(-c2ccccc2)c(C)nn1-c1ccccc1C. The third kappa shape index (κ3) is 6.13. The topological polar surface area (TPSA) is 67.2 Å². The molecule has 0 unspecified atom stereocenters. The second kappa shape index (κ2) is 12.2. The van der Waals surface area contributed by atoms with Gasteiger partial charge in [-0.25, -0.2) is 4.68 Å². The number of anilines is 1. The zero-order chi connectivity index (χ0) is 24.5. The molecule has 0 saturated carbocycles. The van der Waals surface area contributed by atoms with Gasteiger partial charge in [-0.05, 0) is 43.9 Å². The van der Waals surface area contributed by atoms with Gasteiger partial charge in [0.2, 0.25) is 11.8 Å². The van der Waals surface area contributed by atoms with Crippen molar-refractivity contribution in [3.63, 3.8) is 0 Å². The summed E-state index contributed by atoms with van der Waals surface area (Å²) in [5.41, 5.74) is 4.66. The molecule has 34 heavy (non-hydrogen) atoms. The van der Waals surface area contributed by atoms with Crippen LogP contribution in [0.2, 0.25) is 0 Å². The Bertz CT molecular complexity index is 1100. The fourth-order valence-electron chi connectivity index (χ4n) is 4.04. The number of hydrogen-bond donors (Lipinski definition) is 1. The van der Waals surface area contributed by atoms with Gasteiger partial charge in [-0.15, -0.1) is 0 Å². The third-order valence-corrected chi connectivity index (χ3v) is 5.94. The van der Waals surface area contributed by atoms with E-state index in [4.69, 9.17) is 5.10 Å². The summed E-state index contributed by atoms with van der Waals surface area (Å²) in [7, 11) is 0. The van der Waals surface area contributed by atoms with Gasteiger partial charge in [0.05, 0.1) is 17.9 Å². The van der Waals surface area contributed by atoms with Gasteiger partial charge in [-0.2, -0.15) is 5.10 Å². The molecule has 3 rings (SSSR count).